The SMILES string of the molecule is CCCN(CC(F)F)C(=O)C1CC12CCNCC2. The molecule has 5 heteroatoms. The molecule has 18 heavy (non-hydrogen) atoms. The predicted molar refractivity (Wildman–Crippen MR) is 65.5 cm³/mol. The van der Waals surface area contributed by atoms with Gasteiger partial charge in [-0.15, -0.1) is 0 Å². The van der Waals surface area contributed by atoms with Gasteiger partial charge in [0.15, 0.2) is 0 Å². The molecule has 1 aliphatic heterocycles. The fraction of sp³-hybridized carbons (Fsp3) is 0.923. The summed E-state index contributed by atoms with van der Waals surface area (Å²) < 4.78 is 25.0. The van der Waals surface area contributed by atoms with Crippen LogP contribution in [-0.4, -0.2) is 43.4 Å². The van der Waals surface area contributed by atoms with Crippen LogP contribution in [0.15, 0.2) is 0 Å². The van der Waals surface area contributed by atoms with Gasteiger partial charge in [0.05, 0.1) is 6.54 Å². The number of carbonyl (C=O) groups is 1. The topological polar surface area (TPSA) is 32.3 Å². The van der Waals surface area contributed by atoms with Crippen LogP contribution < -0.4 is 5.32 Å². The van der Waals surface area contributed by atoms with Gasteiger partial charge in [-0.3, -0.25) is 4.79 Å². The molecule has 1 spiro atoms. The van der Waals surface area contributed by atoms with Crippen molar-refractivity contribution in [3.63, 3.8) is 0 Å². The van der Waals surface area contributed by atoms with Crippen LogP contribution in [0.1, 0.15) is 32.6 Å². The minimum Gasteiger partial charge on any atom is -0.337 e. The van der Waals surface area contributed by atoms with Crippen LogP contribution in [0.3, 0.4) is 0 Å². The normalized spacial score (nSPS) is 25.4. The van der Waals surface area contributed by atoms with Crippen LogP contribution in [-0.2, 0) is 4.79 Å². The fourth-order valence-corrected chi connectivity index (χ4v) is 3.12. The Morgan fingerprint density at radius 1 is 1.44 bits per heavy atom. The molecule has 2 aliphatic rings. The fourth-order valence-electron chi connectivity index (χ4n) is 3.12. The van der Waals surface area contributed by atoms with Gasteiger partial charge in [-0.2, -0.15) is 0 Å². The van der Waals surface area contributed by atoms with Crippen LogP contribution in [0.2, 0.25) is 0 Å². The van der Waals surface area contributed by atoms with Crippen molar-refractivity contribution in [2.24, 2.45) is 11.3 Å². The Morgan fingerprint density at radius 3 is 2.67 bits per heavy atom. The van der Waals surface area contributed by atoms with E-state index in [0.29, 0.717) is 6.54 Å². The Labute approximate surface area is 107 Å². The second kappa shape index (κ2) is 5.51. The molecule has 0 radical (unpaired) electrons. The first kappa shape index (κ1) is 13.7. The summed E-state index contributed by atoms with van der Waals surface area (Å²) >= 11 is 0. The molecule has 1 unspecified atom stereocenters. The van der Waals surface area contributed by atoms with E-state index in [0.717, 1.165) is 38.8 Å². The number of nitrogens with one attached hydrogen (secondary N) is 1. The molecule has 0 aromatic heterocycles. The Hall–Kier alpha value is -0.710. The molecular weight excluding hydrogens is 238 g/mol. The number of hydrogen-bond acceptors (Lipinski definition) is 2. The summed E-state index contributed by atoms with van der Waals surface area (Å²) in [7, 11) is 0. The van der Waals surface area contributed by atoms with E-state index < -0.39 is 13.0 Å². The van der Waals surface area contributed by atoms with Crippen molar-refractivity contribution in [1.29, 1.82) is 0 Å². The maximum absolute atomic E-state index is 12.5. The number of nitrogens with zero attached hydrogens (tertiary/aromatic N) is 1. The van der Waals surface area contributed by atoms with E-state index in [1.54, 1.807) is 0 Å². The van der Waals surface area contributed by atoms with E-state index in [-0.39, 0.29) is 17.2 Å². The van der Waals surface area contributed by atoms with Gasteiger partial charge in [-0.05, 0) is 44.2 Å². The third kappa shape index (κ3) is 2.82. The minimum atomic E-state index is -2.43. The molecule has 1 atom stereocenters. The van der Waals surface area contributed by atoms with Crippen LogP contribution in [0, 0.1) is 11.3 Å². The molecule has 1 aliphatic carbocycles. The van der Waals surface area contributed by atoms with Gasteiger partial charge in [-0.1, -0.05) is 6.92 Å². The Kier molecular flexibility index (Phi) is 4.20. The van der Waals surface area contributed by atoms with E-state index in [1.165, 1.54) is 4.90 Å². The molecule has 3 nitrogen and oxygen atoms in total. The van der Waals surface area contributed by atoms with Crippen molar-refractivity contribution in [2.75, 3.05) is 26.2 Å². The van der Waals surface area contributed by atoms with Gasteiger partial charge in [0, 0.05) is 12.5 Å². The molecule has 1 heterocycles. The highest BCUT2D eigenvalue weighted by Gasteiger charge is 2.58. The Balaban J connectivity index is 1.93. The van der Waals surface area contributed by atoms with Gasteiger partial charge >= 0.3 is 0 Å². The summed E-state index contributed by atoms with van der Waals surface area (Å²) in [5.74, 6) is -0.0380. The summed E-state index contributed by atoms with van der Waals surface area (Å²) in [5.41, 5.74) is 0.135. The monoisotopic (exact) mass is 260 g/mol. The highest BCUT2D eigenvalue weighted by molar-refractivity contribution is 5.82. The van der Waals surface area contributed by atoms with E-state index in [9.17, 15) is 13.6 Å². The molecule has 104 valence electrons. The quantitative estimate of drug-likeness (QED) is 0.818. The van der Waals surface area contributed by atoms with Crippen LogP contribution in [0.25, 0.3) is 0 Å². The van der Waals surface area contributed by atoms with Crippen molar-refractivity contribution in [1.82, 2.24) is 10.2 Å². The minimum absolute atomic E-state index is 0.00454. The summed E-state index contributed by atoms with van der Waals surface area (Å²) in [5, 5.41) is 3.28. The largest absolute Gasteiger partial charge is 0.337 e. The molecule has 0 aromatic carbocycles. The Morgan fingerprint density at radius 2 is 2.11 bits per heavy atom. The van der Waals surface area contributed by atoms with E-state index in [4.69, 9.17) is 0 Å². The zero-order valence-corrected chi connectivity index (χ0v) is 10.9. The van der Waals surface area contributed by atoms with Crippen LogP contribution in [0.4, 0.5) is 8.78 Å². The van der Waals surface area contributed by atoms with Gasteiger partial charge in [0.25, 0.3) is 6.43 Å². The summed E-state index contributed by atoms with van der Waals surface area (Å²) in [6.45, 7) is 3.86. The third-order valence-electron chi connectivity index (χ3n) is 4.25. The zero-order chi connectivity index (χ0) is 13.2. The number of amides is 1. The zero-order valence-electron chi connectivity index (χ0n) is 10.9. The molecule has 1 amide bonds. The molecule has 0 bridgehead atoms. The van der Waals surface area contributed by atoms with Gasteiger partial charge < -0.3 is 10.2 Å². The number of carbonyl (C=O) groups excluding carboxylic acids is 1. The molecule has 1 saturated carbocycles. The number of alkyl halides is 2. The lowest BCUT2D eigenvalue weighted by Crippen LogP contribution is -2.39. The smallest absolute Gasteiger partial charge is 0.255 e. The highest BCUT2D eigenvalue weighted by Crippen LogP contribution is 2.59. The molecule has 1 saturated heterocycles. The van der Waals surface area contributed by atoms with Gasteiger partial charge in [0.2, 0.25) is 5.91 Å². The number of halogens is 2. The maximum atomic E-state index is 12.5. The van der Waals surface area contributed by atoms with E-state index in [1.807, 2.05) is 6.92 Å². The second-order valence-corrected chi connectivity index (χ2v) is 5.54. The van der Waals surface area contributed by atoms with E-state index in [2.05, 4.69) is 5.32 Å². The molecule has 2 rings (SSSR count). The van der Waals surface area contributed by atoms with Crippen molar-refractivity contribution >= 4 is 5.91 Å². The lowest BCUT2D eigenvalue weighted by atomic mass is 9.91. The van der Waals surface area contributed by atoms with Crippen LogP contribution >= 0.6 is 0 Å². The predicted octanol–water partition coefficient (Wildman–Crippen LogP) is 1.88. The van der Waals surface area contributed by atoms with Crippen molar-refractivity contribution in [3.8, 4) is 0 Å². The molecule has 2 fully saturated rings. The number of piperidine rings is 1. The Bertz CT molecular complexity index is 303. The lowest BCUT2D eigenvalue weighted by molar-refractivity contribution is -0.135. The van der Waals surface area contributed by atoms with Gasteiger partial charge in [-0.25, -0.2) is 8.78 Å². The first-order chi connectivity index (χ1) is 8.59. The third-order valence-corrected chi connectivity index (χ3v) is 4.25. The lowest BCUT2D eigenvalue weighted by Gasteiger charge is -2.26. The number of rotatable bonds is 5. The number of hydrogen-bond donors (Lipinski definition) is 1. The van der Waals surface area contributed by atoms with Gasteiger partial charge in [0.1, 0.15) is 0 Å². The highest BCUT2D eigenvalue weighted by atomic mass is 19.3. The maximum Gasteiger partial charge on any atom is 0.255 e. The molecule has 1 N–H and O–H groups in total. The van der Waals surface area contributed by atoms with Crippen LogP contribution in [0.5, 0.6) is 0 Å². The summed E-state index contributed by atoms with van der Waals surface area (Å²) in [4.78, 5) is 13.6. The second-order valence-electron chi connectivity index (χ2n) is 5.54. The molecule has 0 aromatic rings. The molecular formula is C13H22F2N2O. The summed E-state index contributed by atoms with van der Waals surface area (Å²) in [6.07, 6.45) is 1.23. The standard InChI is InChI=1S/C13H22F2N2O/c1-2-7-17(9-11(14)15)12(18)10-8-13(10)3-5-16-6-4-13/h10-11,16H,2-9H2,1H3. The summed E-state index contributed by atoms with van der Waals surface area (Å²) in [6, 6.07) is 0. The average Bonchev–Trinajstić information content (AvgIpc) is 3.02. The average molecular weight is 260 g/mol. The van der Waals surface area contributed by atoms with Crippen molar-refractivity contribution in [2.45, 2.75) is 39.0 Å². The van der Waals surface area contributed by atoms with E-state index >= 15 is 0 Å². The van der Waals surface area contributed by atoms with Crippen molar-refractivity contribution < 1.29 is 13.6 Å². The first-order valence-corrected chi connectivity index (χ1v) is 6.87. The van der Waals surface area contributed by atoms with Crippen molar-refractivity contribution in [3.05, 3.63) is 0 Å². The first-order valence-electron chi connectivity index (χ1n) is 6.87.